The Morgan fingerprint density at radius 3 is 2.44 bits per heavy atom. The number of hydrogen-bond acceptors (Lipinski definition) is 8. The molecule has 1 aromatic rings. The van der Waals surface area contributed by atoms with Gasteiger partial charge in [0, 0.05) is 36.1 Å². The summed E-state index contributed by atoms with van der Waals surface area (Å²) in [7, 11) is 0. The summed E-state index contributed by atoms with van der Waals surface area (Å²) >= 11 is 0. The second kappa shape index (κ2) is 12.4. The van der Waals surface area contributed by atoms with Crippen LogP contribution in [-0.4, -0.2) is 79.4 Å². The number of aliphatic hydroxyl groups is 4. The molecule has 2 heterocycles. The van der Waals surface area contributed by atoms with Crippen molar-refractivity contribution in [1.82, 2.24) is 0 Å². The third-order valence-corrected chi connectivity index (χ3v) is 16.3. The van der Waals surface area contributed by atoms with Crippen LogP contribution in [0.2, 0.25) is 0 Å². The van der Waals surface area contributed by atoms with Crippen molar-refractivity contribution in [1.29, 1.82) is 0 Å². The predicted octanol–water partition coefficient (Wildman–Crippen LogP) is 5.62. The van der Waals surface area contributed by atoms with Crippen molar-refractivity contribution in [3.8, 4) is 5.75 Å². The Morgan fingerprint density at radius 1 is 1.00 bits per heavy atom. The van der Waals surface area contributed by atoms with Crippen molar-refractivity contribution in [2.24, 2.45) is 45.8 Å². The van der Waals surface area contributed by atoms with Crippen molar-refractivity contribution in [3.63, 3.8) is 0 Å². The number of phenols is 1. The van der Waals surface area contributed by atoms with Crippen molar-refractivity contribution in [3.05, 3.63) is 35.4 Å². The van der Waals surface area contributed by atoms with Crippen molar-refractivity contribution in [2.45, 2.75) is 154 Å². The first kappa shape index (κ1) is 36.7. The minimum Gasteiger partial charge on any atom is -0.508 e. The van der Waals surface area contributed by atoms with Gasteiger partial charge in [0.25, 0.3) is 0 Å². The lowest BCUT2D eigenvalue weighted by molar-refractivity contribution is -0.168. The molecule has 0 bridgehead atoms. The van der Waals surface area contributed by atoms with Gasteiger partial charge in [0.2, 0.25) is 5.91 Å². The monoisotopic (exact) mass is 719 g/mol. The zero-order valence-electron chi connectivity index (χ0n) is 31.8. The minimum absolute atomic E-state index is 0.0303. The number of fused-ring (bicyclic) bond motifs is 5. The first-order valence-electron chi connectivity index (χ1n) is 20.3. The molecule has 0 aromatic heterocycles. The Kier molecular flexibility index (Phi) is 8.71. The van der Waals surface area contributed by atoms with Gasteiger partial charge in [-0.3, -0.25) is 9.59 Å². The Hall–Kier alpha value is -2.30. The lowest BCUT2D eigenvalue weighted by Gasteiger charge is -2.61. The molecule has 7 aliphatic rings. The lowest BCUT2D eigenvalue weighted by Crippen LogP contribution is -2.63. The quantitative estimate of drug-likeness (QED) is 0.218. The number of amides is 1. The maximum Gasteiger partial charge on any atom is 0.227 e. The molecule has 5 aliphatic carbocycles. The molecular weight excluding hydrogens is 658 g/mol. The van der Waals surface area contributed by atoms with E-state index in [1.807, 2.05) is 17.9 Å². The second-order valence-corrected chi connectivity index (χ2v) is 19.4. The lowest BCUT2D eigenvalue weighted by atomic mass is 9.44. The number of aliphatic hydroxyl groups excluding tert-OH is 2. The van der Waals surface area contributed by atoms with E-state index in [2.05, 4.69) is 27.7 Å². The largest absolute Gasteiger partial charge is 0.508 e. The number of aromatic hydroxyl groups is 1. The highest BCUT2D eigenvalue weighted by atomic mass is 16.6. The standard InChI is InChI=1S/C43H61NO8/c1-24(2)25(3)37-38(52-37)40(5,50)35-10-15-43(51)30-19-32(46)31-20-33(47)34(48)21-39(31,4)29(30)9-14-42(35,43)13-8-26-16-27(18-28(45)17-26)44-23-41(22-36(44)49)11-6-7-12-41/h16-19,24-25,29,31,33-35,37-38,45,47-48,50-51H,6-15,20-23H2,1-5H3. The highest BCUT2D eigenvalue weighted by Crippen LogP contribution is 2.71. The summed E-state index contributed by atoms with van der Waals surface area (Å²) in [6.45, 7) is 11.1. The third kappa shape index (κ3) is 5.41. The van der Waals surface area contributed by atoms with E-state index in [9.17, 15) is 35.1 Å². The molecule has 1 aromatic carbocycles. The number of epoxide rings is 1. The van der Waals surface area contributed by atoms with Crippen LogP contribution in [-0.2, 0) is 20.7 Å². The first-order chi connectivity index (χ1) is 24.4. The van der Waals surface area contributed by atoms with E-state index in [4.69, 9.17) is 4.74 Å². The van der Waals surface area contributed by atoms with Crippen LogP contribution in [0.4, 0.5) is 5.69 Å². The molecule has 5 N–H and O–H groups in total. The Bertz CT molecular complexity index is 1650. The molecule has 8 rings (SSSR count). The molecule has 4 saturated carbocycles. The molecule has 2 saturated heterocycles. The fourth-order valence-electron chi connectivity index (χ4n) is 13.1. The molecule has 0 radical (unpaired) electrons. The molecule has 2 aliphatic heterocycles. The second-order valence-electron chi connectivity index (χ2n) is 19.4. The molecule has 6 fully saturated rings. The summed E-state index contributed by atoms with van der Waals surface area (Å²) in [5.41, 5.74) is -1.65. The average molecular weight is 720 g/mol. The van der Waals surface area contributed by atoms with Gasteiger partial charge in [-0.2, -0.15) is 0 Å². The SMILES string of the molecule is CC(C)C(C)C1OC1C(C)(O)C1CCC2(O)C3=CC(=O)C4CC(O)C(O)CC4(C)C3CCC12CCc1cc(O)cc(N2CC3(CCCC3)CC2=O)c1. The summed E-state index contributed by atoms with van der Waals surface area (Å²) in [6, 6.07) is 5.46. The number of rotatable bonds is 8. The molecule has 9 heteroatoms. The topological polar surface area (TPSA) is 151 Å². The zero-order valence-corrected chi connectivity index (χ0v) is 31.8. The number of ether oxygens (including phenoxy) is 1. The minimum atomic E-state index is -1.37. The number of ketones is 1. The van der Waals surface area contributed by atoms with E-state index in [0.717, 1.165) is 36.8 Å². The highest BCUT2D eigenvalue weighted by molar-refractivity contribution is 5.97. The van der Waals surface area contributed by atoms with Crippen LogP contribution in [0, 0.1) is 45.8 Å². The normalized spacial score (nSPS) is 42.5. The number of anilines is 1. The average Bonchev–Trinajstić information content (AvgIpc) is 3.51. The fourth-order valence-corrected chi connectivity index (χ4v) is 13.1. The molecule has 12 unspecified atom stereocenters. The number of nitrogens with zero attached hydrogens (tertiary/aromatic N) is 1. The van der Waals surface area contributed by atoms with Gasteiger partial charge in [0.05, 0.1) is 29.5 Å². The van der Waals surface area contributed by atoms with Crippen molar-refractivity contribution >= 4 is 17.4 Å². The Labute approximate surface area is 308 Å². The van der Waals surface area contributed by atoms with Crippen LogP contribution < -0.4 is 4.90 Å². The number of benzene rings is 1. The molecule has 286 valence electrons. The fraction of sp³-hybridized carbons (Fsp3) is 0.767. The van der Waals surface area contributed by atoms with E-state index in [1.54, 1.807) is 18.2 Å². The smallest absolute Gasteiger partial charge is 0.227 e. The molecule has 9 nitrogen and oxygen atoms in total. The van der Waals surface area contributed by atoms with Crippen molar-refractivity contribution < 1.29 is 39.9 Å². The van der Waals surface area contributed by atoms with Crippen LogP contribution in [0.15, 0.2) is 29.8 Å². The van der Waals surface area contributed by atoms with Crippen LogP contribution in [0.5, 0.6) is 5.75 Å². The number of hydrogen-bond donors (Lipinski definition) is 5. The van der Waals surface area contributed by atoms with E-state index in [-0.39, 0.29) is 59.2 Å². The maximum absolute atomic E-state index is 13.9. The van der Waals surface area contributed by atoms with Gasteiger partial charge in [-0.05, 0) is 135 Å². The number of allylic oxidation sites excluding steroid dienone is 1. The maximum atomic E-state index is 13.9. The van der Waals surface area contributed by atoms with E-state index in [1.165, 1.54) is 0 Å². The molecular formula is C43H61NO8. The zero-order chi connectivity index (χ0) is 37.2. The van der Waals surface area contributed by atoms with Crippen molar-refractivity contribution in [2.75, 3.05) is 11.4 Å². The van der Waals surface area contributed by atoms with Crippen LogP contribution in [0.1, 0.15) is 117 Å². The molecule has 1 amide bonds. The number of phenolic OH excluding ortho intramolecular Hbond substituents is 1. The van der Waals surface area contributed by atoms with Gasteiger partial charge in [-0.1, -0.05) is 40.5 Å². The molecule has 52 heavy (non-hydrogen) atoms. The van der Waals surface area contributed by atoms with E-state index < -0.39 is 40.2 Å². The summed E-state index contributed by atoms with van der Waals surface area (Å²) in [5, 5.41) is 58.4. The number of carbonyl (C=O) groups is 2. The van der Waals surface area contributed by atoms with Gasteiger partial charge >= 0.3 is 0 Å². The Morgan fingerprint density at radius 2 is 1.73 bits per heavy atom. The highest BCUT2D eigenvalue weighted by Gasteiger charge is 2.72. The Balaban J connectivity index is 1.15. The summed E-state index contributed by atoms with van der Waals surface area (Å²) in [4.78, 5) is 29.1. The molecule has 12 atom stereocenters. The van der Waals surface area contributed by atoms with Gasteiger partial charge in [-0.15, -0.1) is 0 Å². The van der Waals surface area contributed by atoms with Crippen LogP contribution in [0.3, 0.4) is 0 Å². The van der Waals surface area contributed by atoms with Crippen LogP contribution in [0.25, 0.3) is 0 Å². The summed E-state index contributed by atoms with van der Waals surface area (Å²) in [6.07, 6.45) is 8.17. The van der Waals surface area contributed by atoms with Gasteiger partial charge in [-0.25, -0.2) is 0 Å². The van der Waals surface area contributed by atoms with Gasteiger partial charge < -0.3 is 35.2 Å². The predicted molar refractivity (Wildman–Crippen MR) is 196 cm³/mol. The van der Waals surface area contributed by atoms with Gasteiger partial charge in [0.15, 0.2) is 5.78 Å². The first-order valence-corrected chi connectivity index (χ1v) is 20.3. The number of aryl methyl sites for hydroxylation is 1. The molecule has 1 spiro atoms. The van der Waals surface area contributed by atoms with Crippen LogP contribution >= 0.6 is 0 Å². The summed E-state index contributed by atoms with van der Waals surface area (Å²) in [5.74, 6) is -0.116. The van der Waals surface area contributed by atoms with Gasteiger partial charge in [0.1, 0.15) is 11.9 Å². The van der Waals surface area contributed by atoms with E-state index in [0.29, 0.717) is 69.5 Å². The number of carbonyl (C=O) groups excluding carboxylic acids is 2. The third-order valence-electron chi connectivity index (χ3n) is 16.3. The summed E-state index contributed by atoms with van der Waals surface area (Å²) < 4.78 is 6.29. The van der Waals surface area contributed by atoms with E-state index >= 15 is 0 Å².